The first kappa shape index (κ1) is 11.2. The predicted molar refractivity (Wildman–Crippen MR) is 63.9 cm³/mol. The number of carbonyl (C=O) groups is 1. The van der Waals surface area contributed by atoms with Crippen LogP contribution in [0.3, 0.4) is 0 Å². The Balaban J connectivity index is 2.08. The molecule has 0 spiro atoms. The molecule has 4 nitrogen and oxygen atoms in total. The van der Waals surface area contributed by atoms with Gasteiger partial charge in [0.15, 0.2) is 5.82 Å². The van der Waals surface area contributed by atoms with Crippen molar-refractivity contribution in [1.82, 2.24) is 9.55 Å². The highest BCUT2D eigenvalue weighted by atomic mass is 19.1. The van der Waals surface area contributed by atoms with Crippen LogP contribution in [0.2, 0.25) is 0 Å². The molecule has 0 atom stereocenters. The van der Waals surface area contributed by atoms with E-state index in [0.29, 0.717) is 23.8 Å². The maximum absolute atomic E-state index is 13.7. The number of rotatable bonds is 4. The standard InChI is InChI=1S/C13H13FN2O2/c14-9-2-1-3-10-13(9)15-11(6-7-12(17)18)16(10)8-4-5-8/h1-3,8H,4-7H2,(H,17,18). The number of aromatic nitrogens is 2. The molecular formula is C13H13FN2O2. The number of fused-ring (bicyclic) bond motifs is 1. The molecule has 1 saturated carbocycles. The van der Waals surface area contributed by atoms with E-state index in [1.807, 2.05) is 10.6 Å². The summed E-state index contributed by atoms with van der Waals surface area (Å²) in [7, 11) is 0. The number of nitrogens with zero attached hydrogens (tertiary/aromatic N) is 2. The third-order valence-corrected chi connectivity index (χ3v) is 3.22. The number of benzene rings is 1. The molecule has 3 rings (SSSR count). The molecule has 0 radical (unpaired) electrons. The highest BCUT2D eigenvalue weighted by Gasteiger charge is 2.28. The Kier molecular flexibility index (Phi) is 2.54. The molecule has 1 heterocycles. The van der Waals surface area contributed by atoms with Crippen molar-refractivity contribution in [1.29, 1.82) is 0 Å². The van der Waals surface area contributed by atoms with Gasteiger partial charge >= 0.3 is 5.97 Å². The van der Waals surface area contributed by atoms with Crippen LogP contribution in [-0.4, -0.2) is 20.6 Å². The lowest BCUT2D eigenvalue weighted by molar-refractivity contribution is -0.137. The lowest BCUT2D eigenvalue weighted by Crippen LogP contribution is -2.05. The number of carboxylic acids is 1. The fourth-order valence-electron chi connectivity index (χ4n) is 2.27. The van der Waals surface area contributed by atoms with Crippen LogP contribution in [-0.2, 0) is 11.2 Å². The van der Waals surface area contributed by atoms with E-state index in [1.54, 1.807) is 6.07 Å². The van der Waals surface area contributed by atoms with E-state index in [4.69, 9.17) is 5.11 Å². The van der Waals surface area contributed by atoms with E-state index in [1.165, 1.54) is 6.07 Å². The van der Waals surface area contributed by atoms with Crippen molar-refractivity contribution in [2.45, 2.75) is 31.7 Å². The average Bonchev–Trinajstić information content (AvgIpc) is 3.08. The van der Waals surface area contributed by atoms with Crippen LogP contribution in [0.4, 0.5) is 4.39 Å². The summed E-state index contributed by atoms with van der Waals surface area (Å²) in [6, 6.07) is 5.25. The molecule has 18 heavy (non-hydrogen) atoms. The summed E-state index contributed by atoms with van der Waals surface area (Å²) in [5.41, 5.74) is 1.13. The second kappa shape index (κ2) is 4.08. The van der Waals surface area contributed by atoms with Gasteiger partial charge in [0.1, 0.15) is 11.3 Å². The zero-order valence-electron chi connectivity index (χ0n) is 9.77. The summed E-state index contributed by atoms with van der Waals surface area (Å²) >= 11 is 0. The Labute approximate surface area is 103 Å². The predicted octanol–water partition coefficient (Wildman–Crippen LogP) is 2.53. The zero-order valence-corrected chi connectivity index (χ0v) is 9.77. The van der Waals surface area contributed by atoms with Gasteiger partial charge in [0.2, 0.25) is 0 Å². The Morgan fingerprint density at radius 2 is 2.28 bits per heavy atom. The summed E-state index contributed by atoms with van der Waals surface area (Å²) in [6.45, 7) is 0. The van der Waals surface area contributed by atoms with E-state index in [-0.39, 0.29) is 12.2 Å². The molecule has 0 unspecified atom stereocenters. The van der Waals surface area contributed by atoms with Crippen LogP contribution in [0.1, 0.15) is 31.1 Å². The molecule has 0 saturated heterocycles. The van der Waals surface area contributed by atoms with Crippen molar-refractivity contribution < 1.29 is 14.3 Å². The lowest BCUT2D eigenvalue weighted by atomic mass is 10.3. The highest BCUT2D eigenvalue weighted by molar-refractivity contribution is 5.77. The molecule has 0 amide bonds. The van der Waals surface area contributed by atoms with Gasteiger partial charge in [0.05, 0.1) is 11.9 Å². The summed E-state index contributed by atoms with van der Waals surface area (Å²) in [4.78, 5) is 14.9. The molecular weight excluding hydrogens is 235 g/mol. The number of aliphatic carboxylic acids is 1. The van der Waals surface area contributed by atoms with Crippen LogP contribution < -0.4 is 0 Å². The molecule has 1 N–H and O–H groups in total. The van der Waals surface area contributed by atoms with Gasteiger partial charge < -0.3 is 9.67 Å². The SMILES string of the molecule is O=C(O)CCc1nc2c(F)cccc2n1C1CC1. The van der Waals surface area contributed by atoms with Crippen LogP contribution in [0, 0.1) is 5.82 Å². The normalized spacial score (nSPS) is 15.2. The Morgan fingerprint density at radius 3 is 2.94 bits per heavy atom. The number of imidazole rings is 1. The Hall–Kier alpha value is -1.91. The molecule has 0 aliphatic heterocycles. The average molecular weight is 248 g/mol. The molecule has 1 fully saturated rings. The van der Waals surface area contributed by atoms with Crippen LogP contribution in [0.5, 0.6) is 0 Å². The van der Waals surface area contributed by atoms with Crippen molar-refractivity contribution in [3.63, 3.8) is 0 Å². The van der Waals surface area contributed by atoms with E-state index in [9.17, 15) is 9.18 Å². The summed E-state index contributed by atoms with van der Waals surface area (Å²) in [5.74, 6) is -0.520. The minimum absolute atomic E-state index is 0.0255. The van der Waals surface area contributed by atoms with Gasteiger partial charge in [-0.25, -0.2) is 9.37 Å². The number of hydrogen-bond acceptors (Lipinski definition) is 2. The maximum atomic E-state index is 13.7. The number of aryl methyl sites for hydroxylation is 1. The minimum Gasteiger partial charge on any atom is -0.481 e. The smallest absolute Gasteiger partial charge is 0.303 e. The first-order valence-electron chi connectivity index (χ1n) is 6.04. The molecule has 1 aromatic heterocycles. The van der Waals surface area contributed by atoms with Crippen molar-refractivity contribution in [3.8, 4) is 0 Å². The van der Waals surface area contributed by atoms with E-state index in [2.05, 4.69) is 4.98 Å². The van der Waals surface area contributed by atoms with Crippen LogP contribution >= 0.6 is 0 Å². The third kappa shape index (κ3) is 1.85. The van der Waals surface area contributed by atoms with Crippen LogP contribution in [0.15, 0.2) is 18.2 Å². The topological polar surface area (TPSA) is 55.1 Å². The van der Waals surface area contributed by atoms with E-state index in [0.717, 1.165) is 18.4 Å². The van der Waals surface area contributed by atoms with Gasteiger partial charge in [0, 0.05) is 12.5 Å². The number of halogens is 1. The molecule has 1 aliphatic rings. The van der Waals surface area contributed by atoms with Gasteiger partial charge in [-0.2, -0.15) is 0 Å². The van der Waals surface area contributed by atoms with Gasteiger partial charge in [-0.15, -0.1) is 0 Å². The van der Waals surface area contributed by atoms with Gasteiger partial charge in [0.25, 0.3) is 0 Å². The molecule has 1 aliphatic carbocycles. The quantitative estimate of drug-likeness (QED) is 0.904. The molecule has 2 aromatic rings. The number of carboxylic acid groups (broad SMARTS) is 1. The van der Waals surface area contributed by atoms with Crippen molar-refractivity contribution in [3.05, 3.63) is 29.8 Å². The second-order valence-corrected chi connectivity index (χ2v) is 4.63. The molecule has 94 valence electrons. The minimum atomic E-state index is -0.857. The van der Waals surface area contributed by atoms with E-state index >= 15 is 0 Å². The van der Waals surface area contributed by atoms with Crippen molar-refractivity contribution in [2.75, 3.05) is 0 Å². The summed E-state index contributed by atoms with van der Waals surface area (Å²) in [5, 5.41) is 8.74. The van der Waals surface area contributed by atoms with Gasteiger partial charge in [-0.1, -0.05) is 6.07 Å². The Bertz CT molecular complexity index is 617. The van der Waals surface area contributed by atoms with E-state index < -0.39 is 5.97 Å². The fourth-order valence-corrected chi connectivity index (χ4v) is 2.27. The summed E-state index contributed by atoms with van der Waals surface area (Å²) in [6.07, 6.45) is 2.49. The highest BCUT2D eigenvalue weighted by Crippen LogP contribution is 2.39. The van der Waals surface area contributed by atoms with Crippen molar-refractivity contribution in [2.24, 2.45) is 0 Å². The largest absolute Gasteiger partial charge is 0.481 e. The fraction of sp³-hybridized carbons (Fsp3) is 0.385. The Morgan fingerprint density at radius 1 is 1.50 bits per heavy atom. The first-order chi connectivity index (χ1) is 8.66. The molecule has 5 heteroatoms. The van der Waals surface area contributed by atoms with Gasteiger partial charge in [-0.3, -0.25) is 4.79 Å². The van der Waals surface area contributed by atoms with Gasteiger partial charge in [-0.05, 0) is 25.0 Å². The number of hydrogen-bond donors (Lipinski definition) is 1. The molecule has 0 bridgehead atoms. The second-order valence-electron chi connectivity index (χ2n) is 4.63. The zero-order chi connectivity index (χ0) is 12.7. The lowest BCUT2D eigenvalue weighted by Gasteiger charge is -2.06. The monoisotopic (exact) mass is 248 g/mol. The maximum Gasteiger partial charge on any atom is 0.303 e. The summed E-state index contributed by atoms with van der Waals surface area (Å²) < 4.78 is 15.7. The first-order valence-corrected chi connectivity index (χ1v) is 6.04. The molecule has 1 aromatic carbocycles. The third-order valence-electron chi connectivity index (χ3n) is 3.22. The van der Waals surface area contributed by atoms with Crippen LogP contribution in [0.25, 0.3) is 11.0 Å². The van der Waals surface area contributed by atoms with Crippen molar-refractivity contribution >= 4 is 17.0 Å². The number of para-hydroxylation sites is 1.